The van der Waals surface area contributed by atoms with Crippen molar-refractivity contribution in [1.29, 1.82) is 0 Å². The predicted molar refractivity (Wildman–Crippen MR) is 102 cm³/mol. The molecule has 0 radical (unpaired) electrons. The van der Waals surface area contributed by atoms with Crippen LogP contribution in [0, 0.1) is 0 Å². The molecular formula is C19H19N3O2S. The van der Waals surface area contributed by atoms with E-state index in [-0.39, 0.29) is 17.2 Å². The van der Waals surface area contributed by atoms with E-state index in [1.165, 1.54) is 17.3 Å². The van der Waals surface area contributed by atoms with Crippen LogP contribution in [0.15, 0.2) is 58.5 Å². The summed E-state index contributed by atoms with van der Waals surface area (Å²) in [6.45, 7) is 2.09. The molecule has 0 aliphatic rings. The van der Waals surface area contributed by atoms with Crippen molar-refractivity contribution < 1.29 is 4.79 Å². The normalized spacial score (nSPS) is 10.8. The fourth-order valence-corrected chi connectivity index (χ4v) is 3.40. The van der Waals surface area contributed by atoms with Crippen molar-refractivity contribution in [2.45, 2.75) is 18.5 Å². The maximum Gasteiger partial charge on any atom is 0.266 e. The zero-order valence-electron chi connectivity index (χ0n) is 14.2. The molecule has 6 heteroatoms. The number of aryl methyl sites for hydroxylation is 1. The van der Waals surface area contributed by atoms with E-state index in [1.807, 2.05) is 42.5 Å². The Kier molecular flexibility index (Phi) is 5.19. The van der Waals surface area contributed by atoms with Crippen LogP contribution in [0.1, 0.15) is 12.5 Å². The largest absolute Gasteiger partial charge is 0.358 e. The molecule has 0 spiro atoms. The van der Waals surface area contributed by atoms with Crippen molar-refractivity contribution in [2.24, 2.45) is 0 Å². The third-order valence-corrected chi connectivity index (χ3v) is 4.90. The Morgan fingerprint density at radius 1 is 1.16 bits per heavy atom. The molecule has 0 unspecified atom stereocenters. The number of para-hydroxylation sites is 1. The molecule has 0 aliphatic heterocycles. The number of thioether (sulfide) groups is 1. The summed E-state index contributed by atoms with van der Waals surface area (Å²) < 4.78 is 1.58. The first kappa shape index (κ1) is 17.2. The summed E-state index contributed by atoms with van der Waals surface area (Å²) in [7, 11) is 1.59. The molecular weight excluding hydrogens is 334 g/mol. The Hall–Kier alpha value is -2.60. The van der Waals surface area contributed by atoms with Crippen molar-refractivity contribution in [3.05, 3.63) is 64.4 Å². The van der Waals surface area contributed by atoms with Crippen LogP contribution in [-0.2, 0) is 11.2 Å². The molecule has 5 nitrogen and oxygen atoms in total. The molecule has 1 heterocycles. The number of carbonyl (C=O) groups excluding carboxylic acids is 1. The van der Waals surface area contributed by atoms with E-state index in [0.29, 0.717) is 16.1 Å². The fraction of sp³-hybridized carbons (Fsp3) is 0.211. The van der Waals surface area contributed by atoms with Gasteiger partial charge in [0.1, 0.15) is 0 Å². The Labute approximate surface area is 150 Å². The van der Waals surface area contributed by atoms with Crippen LogP contribution in [0.2, 0.25) is 0 Å². The van der Waals surface area contributed by atoms with E-state index >= 15 is 0 Å². The second kappa shape index (κ2) is 7.53. The SMILES string of the molecule is CCc1ccc(-n2c(SCC(=O)NC)nc3ccccc3c2=O)cc1. The van der Waals surface area contributed by atoms with Gasteiger partial charge in [-0.25, -0.2) is 4.98 Å². The first-order valence-corrected chi connectivity index (χ1v) is 9.07. The van der Waals surface area contributed by atoms with Gasteiger partial charge in [0.15, 0.2) is 5.16 Å². The summed E-state index contributed by atoms with van der Waals surface area (Å²) in [5, 5.41) is 3.66. The molecule has 2 aromatic carbocycles. The summed E-state index contributed by atoms with van der Waals surface area (Å²) in [6, 6.07) is 15.1. The molecule has 0 saturated carbocycles. The fourth-order valence-electron chi connectivity index (χ4n) is 2.52. The first-order valence-electron chi connectivity index (χ1n) is 8.08. The zero-order chi connectivity index (χ0) is 17.8. The zero-order valence-corrected chi connectivity index (χ0v) is 15.0. The lowest BCUT2D eigenvalue weighted by atomic mass is 10.1. The van der Waals surface area contributed by atoms with Gasteiger partial charge in [-0.15, -0.1) is 0 Å². The Bertz CT molecular complexity index is 965. The second-order valence-corrected chi connectivity index (χ2v) is 6.48. The molecule has 1 aromatic heterocycles. The van der Waals surface area contributed by atoms with Gasteiger partial charge in [-0.2, -0.15) is 0 Å². The van der Waals surface area contributed by atoms with Crippen molar-refractivity contribution in [3.63, 3.8) is 0 Å². The number of fused-ring (bicyclic) bond motifs is 1. The van der Waals surface area contributed by atoms with E-state index in [2.05, 4.69) is 17.2 Å². The Morgan fingerprint density at radius 3 is 2.56 bits per heavy atom. The third kappa shape index (κ3) is 3.58. The van der Waals surface area contributed by atoms with Crippen molar-refractivity contribution in [2.75, 3.05) is 12.8 Å². The molecule has 3 rings (SSSR count). The van der Waals surface area contributed by atoms with Gasteiger partial charge in [0, 0.05) is 7.05 Å². The second-order valence-electron chi connectivity index (χ2n) is 5.53. The van der Waals surface area contributed by atoms with Gasteiger partial charge < -0.3 is 5.32 Å². The standard InChI is InChI=1S/C19H19N3O2S/c1-3-13-8-10-14(11-9-13)22-18(24)15-6-4-5-7-16(15)21-19(22)25-12-17(23)20-2/h4-11H,3,12H2,1-2H3,(H,20,23). The summed E-state index contributed by atoms with van der Waals surface area (Å²) in [5.41, 5.74) is 2.45. The minimum absolute atomic E-state index is 0.111. The molecule has 0 bridgehead atoms. The predicted octanol–water partition coefficient (Wildman–Crippen LogP) is 2.79. The lowest BCUT2D eigenvalue weighted by molar-refractivity contribution is -0.118. The van der Waals surface area contributed by atoms with Gasteiger partial charge in [0.05, 0.1) is 22.3 Å². The number of amides is 1. The van der Waals surface area contributed by atoms with E-state index in [1.54, 1.807) is 17.7 Å². The van der Waals surface area contributed by atoms with Gasteiger partial charge in [-0.1, -0.05) is 43.0 Å². The lowest BCUT2D eigenvalue weighted by Crippen LogP contribution is -2.24. The third-order valence-electron chi connectivity index (χ3n) is 3.96. The van der Waals surface area contributed by atoms with E-state index in [4.69, 9.17) is 0 Å². The van der Waals surface area contributed by atoms with Crippen LogP contribution in [0.25, 0.3) is 16.6 Å². The number of nitrogens with one attached hydrogen (secondary N) is 1. The minimum Gasteiger partial charge on any atom is -0.358 e. The topological polar surface area (TPSA) is 64.0 Å². The molecule has 0 saturated heterocycles. The van der Waals surface area contributed by atoms with Gasteiger partial charge in [0.25, 0.3) is 5.56 Å². The number of hydrogen-bond acceptors (Lipinski definition) is 4. The number of aromatic nitrogens is 2. The summed E-state index contributed by atoms with van der Waals surface area (Å²) in [5.74, 6) is 0.0919. The summed E-state index contributed by atoms with van der Waals surface area (Å²) >= 11 is 1.25. The van der Waals surface area contributed by atoms with E-state index in [9.17, 15) is 9.59 Å². The maximum absolute atomic E-state index is 13.0. The highest BCUT2D eigenvalue weighted by Crippen LogP contribution is 2.21. The van der Waals surface area contributed by atoms with Gasteiger partial charge in [0.2, 0.25) is 5.91 Å². The molecule has 3 aromatic rings. The van der Waals surface area contributed by atoms with Crippen LogP contribution >= 0.6 is 11.8 Å². The van der Waals surface area contributed by atoms with Crippen molar-refractivity contribution >= 4 is 28.6 Å². The van der Waals surface area contributed by atoms with Crippen molar-refractivity contribution in [1.82, 2.24) is 14.9 Å². The van der Waals surface area contributed by atoms with Gasteiger partial charge in [-0.05, 0) is 36.2 Å². The number of carbonyl (C=O) groups is 1. The molecule has 0 fully saturated rings. The highest BCUT2D eigenvalue weighted by Gasteiger charge is 2.14. The number of rotatable bonds is 5. The van der Waals surface area contributed by atoms with Crippen LogP contribution in [0.5, 0.6) is 0 Å². The van der Waals surface area contributed by atoms with E-state index in [0.717, 1.165) is 12.1 Å². The molecule has 1 amide bonds. The number of nitrogens with zero attached hydrogens (tertiary/aromatic N) is 2. The monoisotopic (exact) mass is 353 g/mol. The number of hydrogen-bond donors (Lipinski definition) is 1. The smallest absolute Gasteiger partial charge is 0.266 e. The molecule has 0 atom stereocenters. The van der Waals surface area contributed by atoms with E-state index < -0.39 is 0 Å². The first-order chi connectivity index (χ1) is 12.1. The highest BCUT2D eigenvalue weighted by atomic mass is 32.2. The van der Waals surface area contributed by atoms with Crippen LogP contribution in [0.4, 0.5) is 0 Å². The molecule has 25 heavy (non-hydrogen) atoms. The highest BCUT2D eigenvalue weighted by molar-refractivity contribution is 7.99. The molecule has 128 valence electrons. The Balaban J connectivity index is 2.16. The quantitative estimate of drug-likeness (QED) is 0.566. The van der Waals surface area contributed by atoms with Gasteiger partial charge >= 0.3 is 0 Å². The van der Waals surface area contributed by atoms with Gasteiger partial charge in [-0.3, -0.25) is 14.2 Å². The minimum atomic E-state index is -0.130. The maximum atomic E-state index is 13.0. The molecule has 1 N–H and O–H groups in total. The van der Waals surface area contributed by atoms with Crippen LogP contribution in [0.3, 0.4) is 0 Å². The Morgan fingerprint density at radius 2 is 1.88 bits per heavy atom. The lowest BCUT2D eigenvalue weighted by Gasteiger charge is -2.13. The van der Waals surface area contributed by atoms with Crippen LogP contribution in [-0.4, -0.2) is 28.3 Å². The average molecular weight is 353 g/mol. The average Bonchev–Trinajstić information content (AvgIpc) is 2.66. The molecule has 0 aliphatic carbocycles. The summed E-state index contributed by atoms with van der Waals surface area (Å²) in [6.07, 6.45) is 0.934. The van der Waals surface area contributed by atoms with Crippen molar-refractivity contribution in [3.8, 4) is 5.69 Å². The number of benzene rings is 2. The summed E-state index contributed by atoms with van der Waals surface area (Å²) in [4.78, 5) is 29.3. The van der Waals surface area contributed by atoms with Crippen LogP contribution < -0.4 is 10.9 Å².